The van der Waals surface area contributed by atoms with Crippen molar-refractivity contribution in [2.24, 2.45) is 0 Å². The first-order chi connectivity index (χ1) is 10.1. The van der Waals surface area contributed by atoms with Crippen LogP contribution in [0.15, 0.2) is 24.4 Å². The summed E-state index contributed by atoms with van der Waals surface area (Å²) in [6.07, 6.45) is 4.00. The summed E-state index contributed by atoms with van der Waals surface area (Å²) < 4.78 is 14.0. The topological polar surface area (TPSA) is 80.0 Å². The number of aromatic nitrogens is 1. The van der Waals surface area contributed by atoms with Gasteiger partial charge in [-0.05, 0) is 31.0 Å². The Morgan fingerprint density at radius 1 is 1.48 bits per heavy atom. The molecule has 4 N–H and O–H groups in total. The van der Waals surface area contributed by atoms with Crippen LogP contribution in [0.5, 0.6) is 0 Å². The SMILES string of the molecule is Nc1cc(F)c(NCCC(=O)NC2CC2)c2ncccc12. The smallest absolute Gasteiger partial charge is 0.221 e. The molecule has 0 saturated heterocycles. The van der Waals surface area contributed by atoms with E-state index >= 15 is 0 Å². The van der Waals surface area contributed by atoms with Crippen LogP contribution >= 0.6 is 0 Å². The van der Waals surface area contributed by atoms with Gasteiger partial charge in [0.2, 0.25) is 5.91 Å². The summed E-state index contributed by atoms with van der Waals surface area (Å²) in [4.78, 5) is 15.8. The molecule has 5 nitrogen and oxygen atoms in total. The van der Waals surface area contributed by atoms with Crippen molar-refractivity contribution in [3.05, 3.63) is 30.2 Å². The molecular formula is C15H17FN4O. The van der Waals surface area contributed by atoms with Crippen molar-refractivity contribution in [1.82, 2.24) is 10.3 Å². The number of nitrogens with two attached hydrogens (primary N) is 1. The van der Waals surface area contributed by atoms with Crippen LogP contribution in [-0.4, -0.2) is 23.5 Å². The zero-order chi connectivity index (χ0) is 14.8. The predicted octanol–water partition coefficient (Wildman–Crippen LogP) is 2.04. The third-order valence-corrected chi connectivity index (χ3v) is 3.47. The number of amides is 1. The summed E-state index contributed by atoms with van der Waals surface area (Å²) >= 11 is 0. The number of pyridine rings is 1. The second-order valence-corrected chi connectivity index (χ2v) is 5.24. The van der Waals surface area contributed by atoms with E-state index in [-0.39, 0.29) is 5.91 Å². The highest BCUT2D eigenvalue weighted by atomic mass is 19.1. The number of anilines is 2. The van der Waals surface area contributed by atoms with E-state index in [4.69, 9.17) is 5.73 Å². The first-order valence-corrected chi connectivity index (χ1v) is 7.01. The van der Waals surface area contributed by atoms with Gasteiger partial charge >= 0.3 is 0 Å². The van der Waals surface area contributed by atoms with Gasteiger partial charge in [-0.15, -0.1) is 0 Å². The van der Waals surface area contributed by atoms with E-state index in [9.17, 15) is 9.18 Å². The molecule has 1 amide bonds. The lowest BCUT2D eigenvalue weighted by Gasteiger charge is -2.12. The van der Waals surface area contributed by atoms with E-state index in [2.05, 4.69) is 15.6 Å². The molecule has 0 radical (unpaired) electrons. The Labute approximate surface area is 121 Å². The molecule has 1 aromatic heterocycles. The first kappa shape index (κ1) is 13.6. The molecular weight excluding hydrogens is 271 g/mol. The van der Waals surface area contributed by atoms with Gasteiger partial charge in [-0.1, -0.05) is 0 Å². The summed E-state index contributed by atoms with van der Waals surface area (Å²) in [5.74, 6) is -0.473. The van der Waals surface area contributed by atoms with Crippen LogP contribution in [0.1, 0.15) is 19.3 Å². The molecule has 6 heteroatoms. The maximum atomic E-state index is 14.0. The van der Waals surface area contributed by atoms with Gasteiger partial charge in [0, 0.05) is 36.3 Å². The minimum Gasteiger partial charge on any atom is -0.398 e. The minimum absolute atomic E-state index is 0.0156. The van der Waals surface area contributed by atoms with Crippen LogP contribution in [0.3, 0.4) is 0 Å². The molecule has 0 unspecified atom stereocenters. The molecule has 1 fully saturated rings. The molecule has 0 spiro atoms. The molecule has 0 atom stereocenters. The van der Waals surface area contributed by atoms with Crippen LogP contribution in [0.2, 0.25) is 0 Å². The van der Waals surface area contributed by atoms with E-state index in [1.165, 1.54) is 6.07 Å². The second-order valence-electron chi connectivity index (χ2n) is 5.24. The van der Waals surface area contributed by atoms with Crippen LogP contribution in [0, 0.1) is 5.82 Å². The Balaban J connectivity index is 1.72. The number of carbonyl (C=O) groups excluding carboxylic acids is 1. The summed E-state index contributed by atoms with van der Waals surface area (Å²) in [5, 5.41) is 6.54. The van der Waals surface area contributed by atoms with Gasteiger partial charge in [-0.2, -0.15) is 0 Å². The van der Waals surface area contributed by atoms with Crippen molar-refractivity contribution in [2.75, 3.05) is 17.6 Å². The summed E-state index contributed by atoms with van der Waals surface area (Å²) in [5.41, 5.74) is 6.92. The summed E-state index contributed by atoms with van der Waals surface area (Å²) in [7, 11) is 0. The quantitative estimate of drug-likeness (QED) is 0.736. The molecule has 1 aliphatic carbocycles. The van der Waals surface area contributed by atoms with Crippen molar-refractivity contribution < 1.29 is 9.18 Å². The normalized spacial score (nSPS) is 14.1. The van der Waals surface area contributed by atoms with Crippen LogP contribution < -0.4 is 16.4 Å². The van der Waals surface area contributed by atoms with Crippen LogP contribution in [0.4, 0.5) is 15.8 Å². The first-order valence-electron chi connectivity index (χ1n) is 7.01. The zero-order valence-electron chi connectivity index (χ0n) is 11.5. The van der Waals surface area contributed by atoms with E-state index in [1.54, 1.807) is 18.3 Å². The van der Waals surface area contributed by atoms with Crippen molar-refractivity contribution in [3.63, 3.8) is 0 Å². The number of fused-ring (bicyclic) bond motifs is 1. The van der Waals surface area contributed by atoms with Gasteiger partial charge in [0.1, 0.15) is 0 Å². The number of carbonyl (C=O) groups is 1. The van der Waals surface area contributed by atoms with Gasteiger partial charge in [0.15, 0.2) is 5.82 Å². The molecule has 3 rings (SSSR count). The Hall–Kier alpha value is -2.37. The average molecular weight is 288 g/mol. The van der Waals surface area contributed by atoms with E-state index in [1.807, 2.05) is 0 Å². The fourth-order valence-electron chi connectivity index (χ4n) is 2.23. The molecule has 110 valence electrons. The monoisotopic (exact) mass is 288 g/mol. The number of nitrogens with zero attached hydrogens (tertiary/aromatic N) is 1. The molecule has 21 heavy (non-hydrogen) atoms. The number of nitrogen functional groups attached to an aromatic ring is 1. The molecule has 1 aromatic carbocycles. The zero-order valence-corrected chi connectivity index (χ0v) is 11.5. The molecule has 2 aromatic rings. The highest BCUT2D eigenvalue weighted by Crippen LogP contribution is 2.29. The fourth-order valence-corrected chi connectivity index (χ4v) is 2.23. The number of nitrogens with one attached hydrogen (secondary N) is 2. The maximum Gasteiger partial charge on any atom is 0.221 e. The largest absolute Gasteiger partial charge is 0.398 e. The van der Waals surface area contributed by atoms with Crippen molar-refractivity contribution in [1.29, 1.82) is 0 Å². The average Bonchev–Trinajstić information content (AvgIpc) is 3.26. The van der Waals surface area contributed by atoms with Gasteiger partial charge in [0.05, 0.1) is 11.2 Å². The van der Waals surface area contributed by atoms with Gasteiger partial charge in [-0.25, -0.2) is 4.39 Å². The minimum atomic E-state index is -0.457. The second kappa shape index (κ2) is 5.55. The molecule has 0 aliphatic heterocycles. The molecule has 0 bridgehead atoms. The van der Waals surface area contributed by atoms with Gasteiger partial charge in [-0.3, -0.25) is 9.78 Å². The van der Waals surface area contributed by atoms with E-state index in [0.29, 0.717) is 41.3 Å². The summed E-state index contributed by atoms with van der Waals surface area (Å²) in [6, 6.07) is 5.16. The Bertz CT molecular complexity index is 685. The van der Waals surface area contributed by atoms with Crippen molar-refractivity contribution in [2.45, 2.75) is 25.3 Å². The summed E-state index contributed by atoms with van der Waals surface area (Å²) in [6.45, 7) is 0.352. The highest BCUT2D eigenvalue weighted by Gasteiger charge is 2.22. The van der Waals surface area contributed by atoms with E-state index < -0.39 is 5.82 Å². The third-order valence-electron chi connectivity index (χ3n) is 3.47. The van der Waals surface area contributed by atoms with Crippen LogP contribution in [-0.2, 0) is 4.79 Å². The third kappa shape index (κ3) is 3.04. The lowest BCUT2D eigenvalue weighted by molar-refractivity contribution is -0.120. The van der Waals surface area contributed by atoms with E-state index in [0.717, 1.165) is 12.8 Å². The molecule has 1 aliphatic rings. The highest BCUT2D eigenvalue weighted by molar-refractivity contribution is 5.98. The number of benzene rings is 1. The van der Waals surface area contributed by atoms with Crippen molar-refractivity contribution in [3.8, 4) is 0 Å². The van der Waals surface area contributed by atoms with Gasteiger partial charge in [0.25, 0.3) is 0 Å². The Morgan fingerprint density at radius 3 is 3.05 bits per heavy atom. The number of hydrogen-bond donors (Lipinski definition) is 3. The fraction of sp³-hybridized carbons (Fsp3) is 0.333. The predicted molar refractivity (Wildman–Crippen MR) is 80.4 cm³/mol. The maximum absolute atomic E-state index is 14.0. The number of rotatable bonds is 5. The lowest BCUT2D eigenvalue weighted by Crippen LogP contribution is -2.27. The Morgan fingerprint density at radius 2 is 2.29 bits per heavy atom. The Kier molecular flexibility index (Phi) is 3.60. The number of hydrogen-bond acceptors (Lipinski definition) is 4. The van der Waals surface area contributed by atoms with Gasteiger partial charge < -0.3 is 16.4 Å². The van der Waals surface area contributed by atoms with Crippen LogP contribution in [0.25, 0.3) is 10.9 Å². The standard InChI is InChI=1S/C15H17FN4O/c16-11-8-12(17)10-2-1-6-18-14(10)15(11)19-7-5-13(21)20-9-3-4-9/h1-2,6,8-9,19H,3-5,7,17H2,(H,20,21). The van der Waals surface area contributed by atoms with Crippen molar-refractivity contribution >= 4 is 28.2 Å². The lowest BCUT2D eigenvalue weighted by atomic mass is 10.1. The number of halogens is 1. The molecule has 1 heterocycles. The molecule has 1 saturated carbocycles.